The van der Waals surface area contributed by atoms with Crippen molar-refractivity contribution in [1.82, 2.24) is 10.2 Å². The number of likely N-dealkylation sites (tertiary alicyclic amines) is 1. The first-order chi connectivity index (χ1) is 9.19. The summed E-state index contributed by atoms with van der Waals surface area (Å²) in [6, 6.07) is 7.90. The summed E-state index contributed by atoms with van der Waals surface area (Å²) in [4.78, 5) is 14.4. The highest BCUT2D eigenvalue weighted by molar-refractivity contribution is 5.94. The lowest BCUT2D eigenvalue weighted by Crippen LogP contribution is -2.51. The second kappa shape index (κ2) is 4.97. The fraction of sp³-hybridized carbons (Fsp3) is 0.562. The number of nitrogens with zero attached hydrogens (tertiary/aromatic N) is 1. The number of nitrogens with one attached hydrogen (secondary N) is 1. The molecule has 2 aliphatic rings. The molecule has 1 N–H and O–H groups in total. The molecular formula is C16H22N2O. The maximum atomic E-state index is 12.4. The van der Waals surface area contributed by atoms with Gasteiger partial charge in [0.15, 0.2) is 0 Å². The number of hydrogen-bond acceptors (Lipinski definition) is 2. The average Bonchev–Trinajstić information content (AvgIpc) is 2.88. The van der Waals surface area contributed by atoms with Gasteiger partial charge in [0.25, 0.3) is 5.91 Å². The van der Waals surface area contributed by atoms with E-state index in [1.165, 1.54) is 18.4 Å². The molecule has 2 aliphatic heterocycles. The summed E-state index contributed by atoms with van der Waals surface area (Å²) in [6.07, 6.45) is 4.76. The maximum absolute atomic E-state index is 12.4. The highest BCUT2D eigenvalue weighted by Crippen LogP contribution is 2.31. The molecule has 1 aromatic rings. The summed E-state index contributed by atoms with van der Waals surface area (Å²) in [7, 11) is 0. The zero-order valence-corrected chi connectivity index (χ0v) is 11.6. The van der Waals surface area contributed by atoms with E-state index >= 15 is 0 Å². The van der Waals surface area contributed by atoms with E-state index in [0.717, 1.165) is 38.0 Å². The van der Waals surface area contributed by atoms with Crippen molar-refractivity contribution < 1.29 is 4.79 Å². The van der Waals surface area contributed by atoms with E-state index in [0.29, 0.717) is 5.54 Å². The molecule has 1 aromatic carbocycles. The zero-order valence-electron chi connectivity index (χ0n) is 11.6. The van der Waals surface area contributed by atoms with E-state index in [-0.39, 0.29) is 5.91 Å². The van der Waals surface area contributed by atoms with Crippen LogP contribution in [0.3, 0.4) is 0 Å². The van der Waals surface area contributed by atoms with Crippen LogP contribution >= 0.6 is 0 Å². The quantitative estimate of drug-likeness (QED) is 0.838. The van der Waals surface area contributed by atoms with Crippen LogP contribution in [-0.2, 0) is 0 Å². The third kappa shape index (κ3) is 2.52. The molecular weight excluding hydrogens is 236 g/mol. The van der Waals surface area contributed by atoms with E-state index < -0.39 is 0 Å². The Balaban J connectivity index is 1.64. The number of benzene rings is 1. The summed E-state index contributed by atoms with van der Waals surface area (Å²) in [5.74, 6) is 0.188. The Hall–Kier alpha value is -1.35. The number of amides is 1. The Labute approximate surface area is 115 Å². The molecule has 19 heavy (non-hydrogen) atoms. The van der Waals surface area contributed by atoms with Crippen molar-refractivity contribution in [3.8, 4) is 0 Å². The molecule has 2 fully saturated rings. The van der Waals surface area contributed by atoms with Crippen LogP contribution in [0.15, 0.2) is 24.3 Å². The van der Waals surface area contributed by atoms with Gasteiger partial charge in [-0.25, -0.2) is 0 Å². The van der Waals surface area contributed by atoms with Gasteiger partial charge in [-0.05, 0) is 51.3 Å². The molecule has 2 heterocycles. The van der Waals surface area contributed by atoms with Crippen LogP contribution in [0.4, 0.5) is 0 Å². The predicted octanol–water partition coefficient (Wildman–Crippen LogP) is 2.35. The molecule has 3 heteroatoms. The molecule has 0 atom stereocenters. The largest absolute Gasteiger partial charge is 0.339 e. The Morgan fingerprint density at radius 1 is 1.16 bits per heavy atom. The summed E-state index contributed by atoms with van der Waals surface area (Å²) in [5.41, 5.74) is 2.36. The molecule has 0 aliphatic carbocycles. The van der Waals surface area contributed by atoms with Gasteiger partial charge in [-0.1, -0.05) is 17.7 Å². The van der Waals surface area contributed by atoms with Crippen LogP contribution in [-0.4, -0.2) is 36.0 Å². The Bertz CT molecular complexity index is 450. The summed E-state index contributed by atoms with van der Waals surface area (Å²) in [5, 5.41) is 3.64. The molecule has 0 saturated carbocycles. The highest BCUT2D eigenvalue weighted by atomic mass is 16.2. The second-order valence-electron chi connectivity index (χ2n) is 5.97. The third-order valence-corrected chi connectivity index (χ3v) is 4.64. The Morgan fingerprint density at radius 3 is 2.42 bits per heavy atom. The van der Waals surface area contributed by atoms with E-state index in [4.69, 9.17) is 0 Å². The van der Waals surface area contributed by atoms with E-state index in [9.17, 15) is 4.79 Å². The van der Waals surface area contributed by atoms with Gasteiger partial charge in [0.1, 0.15) is 0 Å². The van der Waals surface area contributed by atoms with Crippen molar-refractivity contribution >= 4 is 5.91 Å². The topological polar surface area (TPSA) is 32.3 Å². The normalized spacial score (nSPS) is 21.8. The van der Waals surface area contributed by atoms with Gasteiger partial charge in [-0.15, -0.1) is 0 Å². The van der Waals surface area contributed by atoms with Crippen molar-refractivity contribution in [3.05, 3.63) is 35.4 Å². The average molecular weight is 258 g/mol. The second-order valence-corrected chi connectivity index (χ2v) is 5.97. The molecule has 3 rings (SSSR count). The monoisotopic (exact) mass is 258 g/mol. The molecule has 2 saturated heterocycles. The van der Waals surface area contributed by atoms with Crippen LogP contribution < -0.4 is 5.32 Å². The van der Waals surface area contributed by atoms with Gasteiger partial charge in [-0.3, -0.25) is 4.79 Å². The number of aryl methyl sites for hydroxylation is 1. The van der Waals surface area contributed by atoms with Crippen molar-refractivity contribution in [3.63, 3.8) is 0 Å². The van der Waals surface area contributed by atoms with Crippen LogP contribution in [0.2, 0.25) is 0 Å². The number of piperidine rings is 1. The maximum Gasteiger partial charge on any atom is 0.253 e. The number of rotatable bonds is 1. The van der Waals surface area contributed by atoms with Crippen LogP contribution in [0.1, 0.15) is 41.6 Å². The van der Waals surface area contributed by atoms with Gasteiger partial charge >= 0.3 is 0 Å². The lowest BCUT2D eigenvalue weighted by molar-refractivity contribution is 0.0657. The fourth-order valence-corrected chi connectivity index (χ4v) is 3.31. The zero-order chi connectivity index (χ0) is 13.3. The summed E-state index contributed by atoms with van der Waals surface area (Å²) < 4.78 is 0. The van der Waals surface area contributed by atoms with Crippen molar-refractivity contribution in [1.29, 1.82) is 0 Å². The Kier molecular flexibility index (Phi) is 3.31. The Morgan fingerprint density at radius 2 is 1.84 bits per heavy atom. The smallest absolute Gasteiger partial charge is 0.253 e. The van der Waals surface area contributed by atoms with E-state index in [1.807, 2.05) is 36.1 Å². The number of carbonyl (C=O) groups is 1. The predicted molar refractivity (Wildman–Crippen MR) is 76.3 cm³/mol. The SMILES string of the molecule is Cc1ccc(C(=O)N2CCC3(CCCN3)CC2)cc1. The van der Waals surface area contributed by atoms with Gasteiger partial charge < -0.3 is 10.2 Å². The molecule has 1 spiro atoms. The molecule has 3 nitrogen and oxygen atoms in total. The van der Waals surface area contributed by atoms with Crippen LogP contribution in [0.25, 0.3) is 0 Å². The van der Waals surface area contributed by atoms with E-state index in [1.54, 1.807) is 0 Å². The molecule has 0 bridgehead atoms. The first kappa shape index (κ1) is 12.7. The van der Waals surface area contributed by atoms with Gasteiger partial charge in [0.2, 0.25) is 0 Å². The minimum Gasteiger partial charge on any atom is -0.339 e. The molecule has 0 aromatic heterocycles. The van der Waals surface area contributed by atoms with Crippen molar-refractivity contribution in [2.24, 2.45) is 0 Å². The minimum atomic E-state index is 0.188. The number of hydrogen-bond donors (Lipinski definition) is 1. The van der Waals surface area contributed by atoms with Gasteiger partial charge in [0, 0.05) is 24.2 Å². The lowest BCUT2D eigenvalue weighted by atomic mass is 9.86. The first-order valence-corrected chi connectivity index (χ1v) is 7.30. The summed E-state index contributed by atoms with van der Waals surface area (Å²) in [6.45, 7) is 4.97. The van der Waals surface area contributed by atoms with Crippen LogP contribution in [0, 0.1) is 6.92 Å². The van der Waals surface area contributed by atoms with Crippen molar-refractivity contribution in [2.75, 3.05) is 19.6 Å². The van der Waals surface area contributed by atoms with Gasteiger partial charge in [-0.2, -0.15) is 0 Å². The van der Waals surface area contributed by atoms with Crippen LogP contribution in [0.5, 0.6) is 0 Å². The standard InChI is InChI=1S/C16H22N2O/c1-13-3-5-14(6-4-13)15(19)18-11-8-16(9-12-18)7-2-10-17-16/h3-6,17H,2,7-12H2,1H3. The first-order valence-electron chi connectivity index (χ1n) is 7.30. The summed E-state index contributed by atoms with van der Waals surface area (Å²) >= 11 is 0. The molecule has 1 amide bonds. The highest BCUT2D eigenvalue weighted by Gasteiger charge is 2.37. The lowest BCUT2D eigenvalue weighted by Gasteiger charge is -2.39. The van der Waals surface area contributed by atoms with Crippen molar-refractivity contribution in [2.45, 2.75) is 38.1 Å². The third-order valence-electron chi connectivity index (χ3n) is 4.64. The fourth-order valence-electron chi connectivity index (χ4n) is 3.31. The van der Waals surface area contributed by atoms with E-state index in [2.05, 4.69) is 5.32 Å². The number of carbonyl (C=O) groups excluding carboxylic acids is 1. The molecule has 0 radical (unpaired) electrons. The minimum absolute atomic E-state index is 0.188. The molecule has 102 valence electrons. The van der Waals surface area contributed by atoms with Gasteiger partial charge in [0.05, 0.1) is 0 Å². The molecule has 0 unspecified atom stereocenters.